The van der Waals surface area contributed by atoms with Gasteiger partial charge in [0.1, 0.15) is 0 Å². The normalized spacial score (nSPS) is 14.3. The molecule has 0 aliphatic carbocycles. The molecule has 2 atom stereocenters. The van der Waals surface area contributed by atoms with E-state index in [1.807, 2.05) is 4.90 Å². The van der Waals surface area contributed by atoms with Gasteiger partial charge in [-0.15, -0.1) is 0 Å². The third kappa shape index (κ3) is 15.5. The summed E-state index contributed by atoms with van der Waals surface area (Å²) in [6.07, 6.45) is 15.0. The maximum atomic E-state index is 10.5. The molecule has 0 aromatic heterocycles. The molecule has 0 rings (SSSR count). The van der Waals surface area contributed by atoms with E-state index in [1.165, 1.54) is 51.4 Å². The fourth-order valence-electron chi connectivity index (χ4n) is 5.02. The van der Waals surface area contributed by atoms with Gasteiger partial charge in [-0.25, -0.2) is 4.90 Å². The minimum absolute atomic E-state index is 0.267. The van der Waals surface area contributed by atoms with Crippen molar-refractivity contribution in [3.63, 3.8) is 0 Å². The van der Waals surface area contributed by atoms with Crippen molar-refractivity contribution in [2.24, 2.45) is 0 Å². The maximum absolute atomic E-state index is 10.5. The molecule has 0 spiro atoms. The predicted molar refractivity (Wildman–Crippen MR) is 162 cm³/mol. The van der Waals surface area contributed by atoms with E-state index in [0.717, 1.165) is 38.5 Å². The summed E-state index contributed by atoms with van der Waals surface area (Å²) < 4.78 is 26.7. The summed E-state index contributed by atoms with van der Waals surface area (Å²) in [5.41, 5.74) is 0. The van der Waals surface area contributed by atoms with E-state index in [9.17, 15) is 10.2 Å². The van der Waals surface area contributed by atoms with Gasteiger partial charge in [0.2, 0.25) is 5.79 Å². The fraction of sp³-hybridized carbons (Fsp3) is 1.00. The number of nitrogens with zero attached hydrogens (tertiary/aromatic N) is 1. The van der Waals surface area contributed by atoms with Crippen LogP contribution in [0, 0.1) is 0 Å². The Morgan fingerprint density at radius 3 is 1.23 bits per heavy atom. The Morgan fingerprint density at radius 1 is 0.513 bits per heavy atom. The van der Waals surface area contributed by atoms with Crippen LogP contribution in [0.15, 0.2) is 0 Å². The second-order valence-corrected chi connectivity index (χ2v) is 11.3. The summed E-state index contributed by atoms with van der Waals surface area (Å²) in [6, 6.07) is 0. The van der Waals surface area contributed by atoms with Crippen molar-refractivity contribution in [3.8, 4) is 0 Å². The molecule has 0 aromatic rings. The largest absolute Gasteiger partial charge is 0.392 e. The summed E-state index contributed by atoms with van der Waals surface area (Å²) in [5, 5.41) is 21.0. The van der Waals surface area contributed by atoms with Crippen LogP contribution in [0.4, 0.5) is 0 Å². The number of rotatable bonds is 29. The molecular formula is C32H67NO6. The highest BCUT2D eigenvalue weighted by Gasteiger charge is 2.60. The first-order chi connectivity index (χ1) is 18.8. The van der Waals surface area contributed by atoms with Crippen molar-refractivity contribution >= 4 is 0 Å². The van der Waals surface area contributed by atoms with E-state index in [1.54, 1.807) is 13.8 Å². The molecule has 39 heavy (non-hydrogen) atoms. The molecular weight excluding hydrogens is 494 g/mol. The molecule has 2 unspecified atom stereocenters. The molecule has 0 heterocycles. The first-order valence-electron chi connectivity index (χ1n) is 16.5. The van der Waals surface area contributed by atoms with Crippen LogP contribution in [-0.4, -0.2) is 78.5 Å². The minimum Gasteiger partial charge on any atom is -0.392 e. The van der Waals surface area contributed by atoms with Gasteiger partial charge in [-0.05, 0) is 46.0 Å². The quantitative estimate of drug-likeness (QED) is 0.0726. The fourth-order valence-corrected chi connectivity index (χ4v) is 5.02. The summed E-state index contributed by atoms with van der Waals surface area (Å²) in [7, 11) is 0. The van der Waals surface area contributed by atoms with E-state index < -0.39 is 23.9 Å². The van der Waals surface area contributed by atoms with Crippen molar-refractivity contribution in [2.75, 3.05) is 39.5 Å². The number of unbranched alkanes of at least 4 members (excludes halogenated alkanes) is 9. The molecule has 0 amide bonds. The maximum Gasteiger partial charge on any atom is 0.287 e. The van der Waals surface area contributed by atoms with Gasteiger partial charge in [0, 0.05) is 19.5 Å². The highest BCUT2D eigenvalue weighted by atomic mass is 16.8. The third-order valence-electron chi connectivity index (χ3n) is 6.81. The molecule has 2 N–H and O–H groups in total. The Labute approximate surface area is 242 Å². The van der Waals surface area contributed by atoms with Crippen molar-refractivity contribution in [2.45, 2.75) is 169 Å². The average molecular weight is 562 g/mol. The highest BCUT2D eigenvalue weighted by molar-refractivity contribution is 4.92. The van der Waals surface area contributed by atoms with Crippen molar-refractivity contribution in [1.82, 2.24) is 4.90 Å². The molecule has 0 saturated heterocycles. The van der Waals surface area contributed by atoms with Crippen molar-refractivity contribution in [1.29, 1.82) is 0 Å². The number of aliphatic hydroxyl groups excluding tert-OH is 2. The summed E-state index contributed by atoms with van der Waals surface area (Å²) in [4.78, 5) is 1.93. The smallest absolute Gasteiger partial charge is 0.287 e. The van der Waals surface area contributed by atoms with Gasteiger partial charge in [0.15, 0.2) is 0 Å². The zero-order valence-corrected chi connectivity index (χ0v) is 27.0. The number of aliphatic hydroxyl groups is 2. The lowest BCUT2D eigenvalue weighted by Crippen LogP contribution is -2.71. The molecule has 0 aromatic carbocycles. The standard InChI is InChI=1S/C32H67NO6/c1-8-13-14-15-16-17-18-19-20-21-22-31(36-23-9-2,37-24-10-3)32(38-25-11-4,39-26-12-5)33(27-29(6)34)28-30(7)35/h29-30,34-35H,8-28H2,1-7H3. The topological polar surface area (TPSA) is 80.6 Å². The highest BCUT2D eigenvalue weighted by Crippen LogP contribution is 2.41. The number of ether oxygens (including phenoxy) is 4. The summed E-state index contributed by atoms with van der Waals surface area (Å²) in [6.45, 7) is 16.5. The zero-order valence-electron chi connectivity index (χ0n) is 27.0. The number of hydrogen-bond donors (Lipinski definition) is 2. The average Bonchev–Trinajstić information content (AvgIpc) is 2.90. The molecule has 0 radical (unpaired) electrons. The molecule has 0 fully saturated rings. The number of hydrogen-bond acceptors (Lipinski definition) is 7. The first kappa shape index (κ1) is 38.7. The van der Waals surface area contributed by atoms with Crippen LogP contribution < -0.4 is 0 Å². The van der Waals surface area contributed by atoms with Gasteiger partial charge in [-0.2, -0.15) is 0 Å². The van der Waals surface area contributed by atoms with Crippen LogP contribution in [0.1, 0.15) is 145 Å². The predicted octanol–water partition coefficient (Wildman–Crippen LogP) is 7.42. The second-order valence-electron chi connectivity index (χ2n) is 11.3. The zero-order chi connectivity index (χ0) is 29.4. The van der Waals surface area contributed by atoms with Crippen LogP contribution in [0.2, 0.25) is 0 Å². The molecule has 7 heteroatoms. The van der Waals surface area contributed by atoms with E-state index in [2.05, 4.69) is 34.6 Å². The Bertz CT molecular complexity index is 505. The molecule has 7 nitrogen and oxygen atoms in total. The van der Waals surface area contributed by atoms with E-state index >= 15 is 0 Å². The molecule has 0 aliphatic rings. The Kier molecular flexibility index (Phi) is 24.2. The van der Waals surface area contributed by atoms with Crippen LogP contribution in [0.5, 0.6) is 0 Å². The molecule has 0 aliphatic heterocycles. The summed E-state index contributed by atoms with van der Waals surface area (Å²) in [5.74, 6) is -2.58. The second kappa shape index (κ2) is 24.3. The third-order valence-corrected chi connectivity index (χ3v) is 6.81. The van der Waals surface area contributed by atoms with Crippen LogP contribution in [0.25, 0.3) is 0 Å². The lowest BCUT2D eigenvalue weighted by Gasteiger charge is -2.53. The minimum atomic E-state index is -1.39. The lowest BCUT2D eigenvalue weighted by atomic mass is 9.99. The SMILES string of the molecule is CCCCCCCCCCCCC(OCCC)(OCCC)C(OCCC)(OCCC)N(CC(C)O)CC(C)O. The Morgan fingerprint density at radius 2 is 0.872 bits per heavy atom. The van der Waals surface area contributed by atoms with E-state index in [0.29, 0.717) is 32.8 Å². The lowest BCUT2D eigenvalue weighted by molar-refractivity contribution is -0.461. The van der Waals surface area contributed by atoms with Gasteiger partial charge >= 0.3 is 0 Å². The van der Waals surface area contributed by atoms with Gasteiger partial charge in [0.05, 0.1) is 38.6 Å². The Hall–Kier alpha value is -0.280. The van der Waals surface area contributed by atoms with Crippen LogP contribution in [0.3, 0.4) is 0 Å². The first-order valence-corrected chi connectivity index (χ1v) is 16.5. The van der Waals surface area contributed by atoms with E-state index in [4.69, 9.17) is 18.9 Å². The van der Waals surface area contributed by atoms with Gasteiger partial charge in [-0.3, -0.25) is 0 Å². The van der Waals surface area contributed by atoms with Gasteiger partial charge in [-0.1, -0.05) is 92.4 Å². The van der Waals surface area contributed by atoms with Gasteiger partial charge < -0.3 is 29.2 Å². The molecule has 236 valence electrons. The van der Waals surface area contributed by atoms with E-state index in [-0.39, 0.29) is 13.1 Å². The monoisotopic (exact) mass is 561 g/mol. The van der Waals surface area contributed by atoms with Crippen molar-refractivity contribution < 1.29 is 29.2 Å². The van der Waals surface area contributed by atoms with Crippen LogP contribution in [-0.2, 0) is 18.9 Å². The molecule has 0 bridgehead atoms. The van der Waals surface area contributed by atoms with Gasteiger partial charge in [0.25, 0.3) is 5.91 Å². The Balaban J connectivity index is 6.14. The van der Waals surface area contributed by atoms with Crippen LogP contribution >= 0.6 is 0 Å². The van der Waals surface area contributed by atoms with Crippen molar-refractivity contribution in [3.05, 3.63) is 0 Å². The molecule has 0 saturated carbocycles. The summed E-state index contributed by atoms with van der Waals surface area (Å²) >= 11 is 0.